The van der Waals surface area contributed by atoms with Gasteiger partial charge in [0.25, 0.3) is 5.91 Å². The third-order valence-electron chi connectivity index (χ3n) is 7.49. The van der Waals surface area contributed by atoms with Crippen LogP contribution < -0.4 is 4.74 Å². The molecular weight excluding hydrogens is 497 g/mol. The van der Waals surface area contributed by atoms with Crippen LogP contribution in [0.25, 0.3) is 22.4 Å². The van der Waals surface area contributed by atoms with Crippen molar-refractivity contribution in [3.63, 3.8) is 0 Å². The monoisotopic (exact) mass is 522 g/mol. The van der Waals surface area contributed by atoms with Crippen molar-refractivity contribution in [3.05, 3.63) is 78.1 Å². The van der Waals surface area contributed by atoms with E-state index >= 15 is 0 Å². The summed E-state index contributed by atoms with van der Waals surface area (Å²) in [6.07, 6.45) is 0.804. The second-order valence-corrected chi connectivity index (χ2v) is 10.3. The van der Waals surface area contributed by atoms with Crippen molar-refractivity contribution in [2.24, 2.45) is 0 Å². The highest BCUT2D eigenvalue weighted by molar-refractivity contribution is 5.98. The maximum Gasteiger partial charge on any atom is 0.573 e. The number of likely N-dealkylation sites (tertiary alicyclic amines) is 1. The van der Waals surface area contributed by atoms with E-state index in [1.54, 1.807) is 53.7 Å². The molecule has 1 atom stereocenters. The van der Waals surface area contributed by atoms with Gasteiger partial charge in [0.1, 0.15) is 17.2 Å². The first kappa shape index (κ1) is 24.4. The number of hydrogen-bond acceptors (Lipinski definition) is 5. The molecule has 1 amide bonds. The normalized spacial score (nSPS) is 20.6. The SMILES string of the molecule is CC1(n2c(-c3ccc(OC(F)(F)F)cc3)nc3cc(C(=O)N4CCC(O)(c5cccnc5)C4)ccc32)CC1. The Kier molecular flexibility index (Phi) is 5.50. The topological polar surface area (TPSA) is 80.5 Å². The summed E-state index contributed by atoms with van der Waals surface area (Å²) >= 11 is 0. The summed E-state index contributed by atoms with van der Waals surface area (Å²) < 4.78 is 43.9. The number of fused-ring (bicyclic) bond motifs is 1. The fourth-order valence-corrected chi connectivity index (χ4v) is 5.19. The van der Waals surface area contributed by atoms with Crippen molar-refractivity contribution in [1.82, 2.24) is 19.4 Å². The van der Waals surface area contributed by atoms with Crippen molar-refractivity contribution >= 4 is 16.9 Å². The number of pyridine rings is 1. The lowest BCUT2D eigenvalue weighted by Gasteiger charge is -2.23. The summed E-state index contributed by atoms with van der Waals surface area (Å²) in [6, 6.07) is 14.6. The Labute approximate surface area is 216 Å². The van der Waals surface area contributed by atoms with Crippen LogP contribution in [-0.4, -0.2) is 49.9 Å². The number of hydrogen-bond donors (Lipinski definition) is 1. The lowest BCUT2D eigenvalue weighted by atomic mass is 9.95. The Balaban J connectivity index is 1.31. The maximum absolute atomic E-state index is 13.4. The standard InChI is InChI=1S/C28H25F3N4O3/c1-26(10-11-26)35-23-9-6-19(25(36)34-14-12-27(37,17-34)20-3-2-13-32-16-20)15-22(23)33-24(35)18-4-7-21(8-5-18)38-28(29,30)31/h2-9,13,15-16,37H,10-12,14,17H2,1H3. The molecule has 1 unspecified atom stereocenters. The number of aromatic nitrogens is 3. The molecule has 2 aliphatic rings. The largest absolute Gasteiger partial charge is 0.573 e. The number of aliphatic hydroxyl groups is 1. The number of alkyl halides is 3. The van der Waals surface area contributed by atoms with Gasteiger partial charge in [-0.3, -0.25) is 9.78 Å². The van der Waals surface area contributed by atoms with Crippen LogP contribution in [0.1, 0.15) is 42.1 Å². The van der Waals surface area contributed by atoms with E-state index in [4.69, 9.17) is 4.98 Å². The highest BCUT2D eigenvalue weighted by Gasteiger charge is 2.43. The highest BCUT2D eigenvalue weighted by atomic mass is 19.4. The molecule has 3 heterocycles. The molecule has 38 heavy (non-hydrogen) atoms. The second kappa shape index (κ2) is 8.56. The van der Waals surface area contributed by atoms with Gasteiger partial charge in [-0.25, -0.2) is 4.98 Å². The fourth-order valence-electron chi connectivity index (χ4n) is 5.19. The summed E-state index contributed by atoms with van der Waals surface area (Å²) in [5.74, 6) is 0.121. The number of ether oxygens (including phenoxy) is 1. The zero-order valence-electron chi connectivity index (χ0n) is 20.6. The van der Waals surface area contributed by atoms with E-state index in [1.165, 1.54) is 12.1 Å². The maximum atomic E-state index is 13.4. The lowest BCUT2D eigenvalue weighted by Crippen LogP contribution is -2.34. The average molecular weight is 523 g/mol. The minimum absolute atomic E-state index is 0.161. The zero-order chi connectivity index (χ0) is 26.7. The molecule has 7 nitrogen and oxygen atoms in total. The lowest BCUT2D eigenvalue weighted by molar-refractivity contribution is -0.274. The Morgan fingerprint density at radius 1 is 1.08 bits per heavy atom. The quantitative estimate of drug-likeness (QED) is 0.388. The Hall–Kier alpha value is -3.92. The van der Waals surface area contributed by atoms with Gasteiger partial charge in [0, 0.05) is 41.2 Å². The van der Waals surface area contributed by atoms with E-state index in [0.717, 1.165) is 18.4 Å². The molecular formula is C28H25F3N4O3. The van der Waals surface area contributed by atoms with Gasteiger partial charge in [0.05, 0.1) is 17.6 Å². The van der Waals surface area contributed by atoms with Crippen LogP contribution in [0.15, 0.2) is 67.0 Å². The third kappa shape index (κ3) is 4.38. The summed E-state index contributed by atoms with van der Waals surface area (Å²) in [6.45, 7) is 2.69. The predicted octanol–water partition coefficient (Wildman–Crippen LogP) is 5.24. The number of imidazole rings is 1. The first-order valence-electron chi connectivity index (χ1n) is 12.4. The minimum Gasteiger partial charge on any atom is -0.406 e. The molecule has 1 saturated carbocycles. The van der Waals surface area contributed by atoms with E-state index in [2.05, 4.69) is 21.2 Å². The van der Waals surface area contributed by atoms with Crippen LogP contribution in [0.5, 0.6) is 5.75 Å². The number of carbonyl (C=O) groups is 1. The molecule has 0 radical (unpaired) electrons. The third-order valence-corrected chi connectivity index (χ3v) is 7.49. The molecule has 1 saturated heterocycles. The molecule has 2 aromatic carbocycles. The summed E-state index contributed by atoms with van der Waals surface area (Å²) in [5.41, 5.74) is 1.95. The molecule has 0 bridgehead atoms. The molecule has 1 aliphatic carbocycles. The van der Waals surface area contributed by atoms with Crippen molar-refractivity contribution in [3.8, 4) is 17.1 Å². The number of rotatable bonds is 5. The van der Waals surface area contributed by atoms with Gasteiger partial charge in [-0.2, -0.15) is 0 Å². The Morgan fingerprint density at radius 3 is 2.50 bits per heavy atom. The summed E-state index contributed by atoms with van der Waals surface area (Å²) in [5, 5.41) is 11.1. The van der Waals surface area contributed by atoms with Gasteiger partial charge in [-0.15, -0.1) is 13.2 Å². The van der Waals surface area contributed by atoms with Gasteiger partial charge in [0.2, 0.25) is 0 Å². The molecule has 6 rings (SSSR count). The van der Waals surface area contributed by atoms with E-state index in [0.29, 0.717) is 41.0 Å². The van der Waals surface area contributed by atoms with Crippen molar-refractivity contribution in [2.75, 3.05) is 13.1 Å². The van der Waals surface area contributed by atoms with Crippen LogP contribution in [0.2, 0.25) is 0 Å². The predicted molar refractivity (Wildman–Crippen MR) is 133 cm³/mol. The molecule has 4 aromatic rings. The van der Waals surface area contributed by atoms with Crippen LogP contribution in [-0.2, 0) is 11.1 Å². The summed E-state index contributed by atoms with van der Waals surface area (Å²) in [4.78, 5) is 23.9. The molecule has 1 N–H and O–H groups in total. The number of β-amino-alcohol motifs (C(OH)–C–C–N with tert-alkyl or cyclic N) is 1. The summed E-state index contributed by atoms with van der Waals surface area (Å²) in [7, 11) is 0. The van der Waals surface area contributed by atoms with Crippen LogP contribution >= 0.6 is 0 Å². The molecule has 2 aromatic heterocycles. The number of halogens is 3. The van der Waals surface area contributed by atoms with E-state index in [1.807, 2.05) is 6.07 Å². The number of nitrogens with zero attached hydrogens (tertiary/aromatic N) is 4. The number of carbonyl (C=O) groups excluding carboxylic acids is 1. The second-order valence-electron chi connectivity index (χ2n) is 10.3. The average Bonchev–Trinajstić information content (AvgIpc) is 3.32. The van der Waals surface area contributed by atoms with E-state index in [-0.39, 0.29) is 23.7 Å². The first-order valence-corrected chi connectivity index (χ1v) is 12.4. The zero-order valence-corrected chi connectivity index (χ0v) is 20.6. The van der Waals surface area contributed by atoms with Crippen LogP contribution in [0.3, 0.4) is 0 Å². The molecule has 1 aliphatic heterocycles. The van der Waals surface area contributed by atoms with Gasteiger partial charge in [-0.1, -0.05) is 6.07 Å². The van der Waals surface area contributed by atoms with Gasteiger partial charge in [0.15, 0.2) is 0 Å². The van der Waals surface area contributed by atoms with Crippen molar-refractivity contribution < 1.29 is 27.8 Å². The molecule has 2 fully saturated rings. The molecule has 196 valence electrons. The van der Waals surface area contributed by atoms with Crippen molar-refractivity contribution in [1.29, 1.82) is 0 Å². The smallest absolute Gasteiger partial charge is 0.406 e. The van der Waals surface area contributed by atoms with Gasteiger partial charge in [-0.05, 0) is 74.7 Å². The molecule has 10 heteroatoms. The number of benzene rings is 2. The van der Waals surface area contributed by atoms with Crippen molar-refractivity contribution in [2.45, 2.75) is 43.7 Å². The number of amides is 1. The Bertz CT molecular complexity index is 1510. The van der Waals surface area contributed by atoms with Crippen LogP contribution in [0.4, 0.5) is 13.2 Å². The van der Waals surface area contributed by atoms with E-state index in [9.17, 15) is 23.1 Å². The van der Waals surface area contributed by atoms with Gasteiger partial charge < -0.3 is 19.3 Å². The highest BCUT2D eigenvalue weighted by Crippen LogP contribution is 2.47. The van der Waals surface area contributed by atoms with E-state index < -0.39 is 12.0 Å². The fraction of sp³-hybridized carbons (Fsp3) is 0.321. The molecule has 0 spiro atoms. The minimum atomic E-state index is -4.76. The van der Waals surface area contributed by atoms with Gasteiger partial charge >= 0.3 is 6.36 Å². The van der Waals surface area contributed by atoms with Crippen LogP contribution in [0, 0.1) is 0 Å². The Morgan fingerprint density at radius 2 is 1.84 bits per heavy atom. The first-order chi connectivity index (χ1) is 18.0.